The minimum Gasteiger partial charge on any atom is -0.493 e. The summed E-state index contributed by atoms with van der Waals surface area (Å²) in [5, 5.41) is 14.8. The Bertz CT molecular complexity index is 1240. The molecule has 2 amide bonds. The molecule has 1 aromatic heterocycles. The van der Waals surface area contributed by atoms with Crippen LogP contribution >= 0.6 is 27.3 Å². The smallest absolute Gasteiger partial charge is 0.408 e. The van der Waals surface area contributed by atoms with Gasteiger partial charge in [-0.1, -0.05) is 0 Å². The SMILES string of the molecule is COc1cc2c(cc1Oc1ccc(Br)c(F)c1)[C@@](C)(CC(=O)Nc1nccs1)N(C(=O)O)CC2. The van der Waals surface area contributed by atoms with Crippen LogP contribution < -0.4 is 14.8 Å². The molecule has 11 heteroatoms. The molecule has 4 rings (SSSR count). The Kier molecular flexibility index (Phi) is 6.76. The molecule has 0 spiro atoms. The number of amides is 2. The molecule has 0 aliphatic carbocycles. The molecular weight excluding hydrogens is 529 g/mol. The van der Waals surface area contributed by atoms with Crippen LogP contribution in [0.4, 0.5) is 14.3 Å². The van der Waals surface area contributed by atoms with Crippen molar-refractivity contribution in [1.82, 2.24) is 9.88 Å². The number of nitrogens with zero attached hydrogens (tertiary/aromatic N) is 2. The Labute approximate surface area is 207 Å². The summed E-state index contributed by atoms with van der Waals surface area (Å²) in [5.74, 6) is 0.0789. The van der Waals surface area contributed by atoms with E-state index in [9.17, 15) is 19.1 Å². The van der Waals surface area contributed by atoms with E-state index >= 15 is 0 Å². The number of anilines is 1. The lowest BCUT2D eigenvalue weighted by Crippen LogP contribution is -2.52. The zero-order valence-corrected chi connectivity index (χ0v) is 20.7. The van der Waals surface area contributed by atoms with Crippen LogP contribution in [0, 0.1) is 5.82 Å². The fourth-order valence-corrected chi connectivity index (χ4v) is 4.89. The first kappa shape index (κ1) is 24.0. The van der Waals surface area contributed by atoms with E-state index in [1.807, 2.05) is 0 Å². The summed E-state index contributed by atoms with van der Waals surface area (Å²) in [6.07, 6.45) is 0.741. The molecule has 3 aromatic rings. The van der Waals surface area contributed by atoms with Crippen molar-refractivity contribution < 1.29 is 28.6 Å². The van der Waals surface area contributed by atoms with Crippen molar-refractivity contribution in [3.8, 4) is 17.2 Å². The van der Waals surface area contributed by atoms with Gasteiger partial charge in [-0.15, -0.1) is 11.3 Å². The standard InChI is InChI=1S/C23H21BrFN3O5S/c1-23(12-20(29)27-21-26-6-8-34-21)15-11-19(33-14-3-4-16(24)17(25)10-14)18(32-2)9-13(15)5-7-28(23)22(30)31/h3-4,6,8-11H,5,7,12H2,1-2H3,(H,30,31)(H,26,27,29)/t23-/m1/s1. The predicted molar refractivity (Wildman–Crippen MR) is 128 cm³/mol. The van der Waals surface area contributed by atoms with Gasteiger partial charge in [-0.05, 0) is 64.7 Å². The second kappa shape index (κ2) is 9.59. The van der Waals surface area contributed by atoms with Gasteiger partial charge in [0, 0.05) is 24.2 Å². The number of aromatic nitrogens is 1. The van der Waals surface area contributed by atoms with E-state index < -0.39 is 17.4 Å². The van der Waals surface area contributed by atoms with Gasteiger partial charge in [0.15, 0.2) is 16.6 Å². The molecular formula is C23H21BrFN3O5S. The van der Waals surface area contributed by atoms with Gasteiger partial charge in [-0.3, -0.25) is 9.69 Å². The summed E-state index contributed by atoms with van der Waals surface area (Å²) >= 11 is 4.39. The normalized spacial score (nSPS) is 17.1. The number of hydrogen-bond donors (Lipinski definition) is 2. The number of halogens is 2. The molecule has 34 heavy (non-hydrogen) atoms. The predicted octanol–water partition coefficient (Wildman–Crippen LogP) is 5.63. The number of ether oxygens (including phenoxy) is 2. The van der Waals surface area contributed by atoms with Crippen LogP contribution in [0.25, 0.3) is 0 Å². The maximum absolute atomic E-state index is 14.0. The van der Waals surface area contributed by atoms with Crippen LogP contribution in [0.5, 0.6) is 17.2 Å². The van der Waals surface area contributed by atoms with Gasteiger partial charge in [-0.2, -0.15) is 0 Å². The van der Waals surface area contributed by atoms with Gasteiger partial charge in [0.05, 0.1) is 23.5 Å². The Morgan fingerprint density at radius 1 is 1.32 bits per heavy atom. The molecule has 0 saturated heterocycles. The molecule has 1 aliphatic rings. The lowest BCUT2D eigenvalue weighted by Gasteiger charge is -2.44. The van der Waals surface area contributed by atoms with E-state index in [0.29, 0.717) is 27.3 Å². The fourth-order valence-electron chi connectivity index (χ4n) is 4.10. The highest BCUT2D eigenvalue weighted by Gasteiger charge is 2.44. The van der Waals surface area contributed by atoms with Crippen LogP contribution in [0.1, 0.15) is 24.5 Å². The van der Waals surface area contributed by atoms with E-state index in [2.05, 4.69) is 26.2 Å². The minimum atomic E-state index is -1.18. The van der Waals surface area contributed by atoms with Crippen molar-refractivity contribution in [2.24, 2.45) is 0 Å². The van der Waals surface area contributed by atoms with Crippen LogP contribution in [0.2, 0.25) is 0 Å². The van der Waals surface area contributed by atoms with Crippen LogP contribution in [0.3, 0.4) is 0 Å². The molecule has 178 valence electrons. The molecule has 0 bridgehead atoms. The molecule has 0 radical (unpaired) electrons. The highest BCUT2D eigenvalue weighted by atomic mass is 79.9. The van der Waals surface area contributed by atoms with Crippen molar-refractivity contribution in [1.29, 1.82) is 0 Å². The third-order valence-electron chi connectivity index (χ3n) is 5.70. The summed E-state index contributed by atoms with van der Waals surface area (Å²) in [6.45, 7) is 1.92. The summed E-state index contributed by atoms with van der Waals surface area (Å²) in [6, 6.07) is 7.79. The number of rotatable bonds is 6. The van der Waals surface area contributed by atoms with Gasteiger partial charge in [0.2, 0.25) is 5.91 Å². The number of thiazole rings is 1. The van der Waals surface area contributed by atoms with E-state index in [0.717, 1.165) is 5.56 Å². The molecule has 8 nitrogen and oxygen atoms in total. The topological polar surface area (TPSA) is 101 Å². The third kappa shape index (κ3) is 4.71. The van der Waals surface area contributed by atoms with Crippen molar-refractivity contribution in [3.05, 3.63) is 63.3 Å². The quantitative estimate of drug-likeness (QED) is 0.413. The average molecular weight is 550 g/mol. The number of fused-ring (bicyclic) bond motifs is 1. The highest BCUT2D eigenvalue weighted by Crippen LogP contribution is 2.44. The Morgan fingerprint density at radius 3 is 2.76 bits per heavy atom. The molecule has 1 atom stereocenters. The van der Waals surface area contributed by atoms with Crippen LogP contribution in [-0.2, 0) is 16.8 Å². The fraction of sp³-hybridized carbons (Fsp3) is 0.261. The third-order valence-corrected chi connectivity index (χ3v) is 7.04. The van der Waals surface area contributed by atoms with Crippen molar-refractivity contribution in [2.45, 2.75) is 25.3 Å². The van der Waals surface area contributed by atoms with Crippen molar-refractivity contribution in [3.63, 3.8) is 0 Å². The molecule has 2 N–H and O–H groups in total. The number of nitrogens with one attached hydrogen (secondary N) is 1. The lowest BCUT2D eigenvalue weighted by atomic mass is 9.79. The maximum Gasteiger partial charge on any atom is 0.408 e. The van der Waals surface area contributed by atoms with E-state index in [1.54, 1.807) is 36.7 Å². The Hall–Kier alpha value is -3.18. The highest BCUT2D eigenvalue weighted by molar-refractivity contribution is 9.10. The first-order valence-electron chi connectivity index (χ1n) is 10.3. The molecule has 2 heterocycles. The van der Waals surface area contributed by atoms with Gasteiger partial charge >= 0.3 is 6.09 Å². The van der Waals surface area contributed by atoms with Crippen molar-refractivity contribution in [2.75, 3.05) is 19.0 Å². The maximum atomic E-state index is 14.0. The molecule has 1 aliphatic heterocycles. The minimum absolute atomic E-state index is 0.134. The number of carboxylic acid groups (broad SMARTS) is 1. The second-order valence-corrected chi connectivity index (χ2v) is 9.61. The van der Waals surface area contributed by atoms with E-state index in [-0.39, 0.29) is 30.4 Å². The van der Waals surface area contributed by atoms with Gasteiger partial charge in [-0.25, -0.2) is 14.2 Å². The number of methoxy groups -OCH3 is 1. The Morgan fingerprint density at radius 2 is 2.12 bits per heavy atom. The summed E-state index contributed by atoms with van der Waals surface area (Å²) in [4.78, 5) is 30.3. The van der Waals surface area contributed by atoms with Crippen LogP contribution in [-0.4, -0.2) is 40.6 Å². The average Bonchev–Trinajstić information content (AvgIpc) is 3.29. The summed E-state index contributed by atoms with van der Waals surface area (Å²) in [7, 11) is 1.49. The monoisotopic (exact) mass is 549 g/mol. The number of carbonyl (C=O) groups is 2. The Balaban J connectivity index is 1.74. The molecule has 2 aromatic carbocycles. The first-order valence-corrected chi connectivity index (χ1v) is 11.9. The largest absolute Gasteiger partial charge is 0.493 e. The van der Waals surface area contributed by atoms with E-state index in [1.165, 1.54) is 35.5 Å². The number of benzene rings is 2. The van der Waals surface area contributed by atoms with Crippen molar-refractivity contribution >= 4 is 44.4 Å². The molecule has 0 saturated carbocycles. The van der Waals surface area contributed by atoms with Gasteiger partial charge < -0.3 is 19.9 Å². The lowest BCUT2D eigenvalue weighted by molar-refractivity contribution is -0.118. The van der Waals surface area contributed by atoms with Gasteiger partial charge in [0.1, 0.15) is 11.6 Å². The summed E-state index contributed by atoms with van der Waals surface area (Å²) < 4.78 is 25.7. The molecule has 0 unspecified atom stereocenters. The van der Waals surface area contributed by atoms with Crippen LogP contribution in [0.15, 0.2) is 46.4 Å². The second-order valence-electron chi connectivity index (χ2n) is 7.86. The molecule has 0 fully saturated rings. The van der Waals surface area contributed by atoms with Gasteiger partial charge in [0.25, 0.3) is 0 Å². The van der Waals surface area contributed by atoms with E-state index in [4.69, 9.17) is 9.47 Å². The number of hydrogen-bond acceptors (Lipinski definition) is 6. The zero-order valence-electron chi connectivity index (χ0n) is 18.3. The first-order chi connectivity index (χ1) is 16.2. The number of carbonyl (C=O) groups excluding carboxylic acids is 1. The summed E-state index contributed by atoms with van der Waals surface area (Å²) in [5.41, 5.74) is 0.271. The zero-order chi connectivity index (χ0) is 24.5.